The van der Waals surface area contributed by atoms with Crippen molar-refractivity contribution in [3.8, 4) is 10.7 Å². The Balaban J connectivity index is 1.41. The standard InChI is InChI=1S/C17H16F3N5O2S/c18-17(19,20)16-22-14(24-27-16)13-6-5-11(28-13)9-25-8-7-12(23-25)15(26)21-10-3-1-2-4-10/h5-8,10H,1-4,9H2,(H,21,26). The zero-order valence-electron chi connectivity index (χ0n) is 14.6. The van der Waals surface area contributed by atoms with Gasteiger partial charge < -0.3 is 9.84 Å². The van der Waals surface area contributed by atoms with Crippen LogP contribution >= 0.6 is 11.3 Å². The van der Waals surface area contributed by atoms with Crippen LogP contribution in [0.1, 0.15) is 46.9 Å². The van der Waals surface area contributed by atoms with Crippen molar-refractivity contribution in [1.82, 2.24) is 25.2 Å². The van der Waals surface area contributed by atoms with Crippen molar-refractivity contribution in [1.29, 1.82) is 0 Å². The highest BCUT2D eigenvalue weighted by Gasteiger charge is 2.38. The fourth-order valence-corrected chi connectivity index (χ4v) is 4.01. The third kappa shape index (κ3) is 4.08. The van der Waals surface area contributed by atoms with Crippen molar-refractivity contribution in [3.63, 3.8) is 0 Å². The zero-order chi connectivity index (χ0) is 19.7. The minimum absolute atomic E-state index is 0.110. The number of alkyl halides is 3. The van der Waals surface area contributed by atoms with Gasteiger partial charge in [0.05, 0.1) is 11.4 Å². The predicted octanol–water partition coefficient (Wildman–Crippen LogP) is 3.73. The smallest absolute Gasteiger partial charge is 0.348 e. The van der Waals surface area contributed by atoms with Crippen molar-refractivity contribution in [2.45, 2.75) is 44.4 Å². The molecule has 0 saturated heterocycles. The summed E-state index contributed by atoms with van der Waals surface area (Å²) in [5, 5.41) is 10.6. The van der Waals surface area contributed by atoms with Crippen LogP contribution in [0.15, 0.2) is 28.9 Å². The first-order chi connectivity index (χ1) is 13.4. The number of hydrogen-bond donors (Lipinski definition) is 1. The van der Waals surface area contributed by atoms with Crippen molar-refractivity contribution in [2.75, 3.05) is 0 Å². The van der Waals surface area contributed by atoms with E-state index in [1.54, 1.807) is 29.1 Å². The maximum absolute atomic E-state index is 12.6. The Morgan fingerprint density at radius 1 is 1.29 bits per heavy atom. The van der Waals surface area contributed by atoms with Gasteiger partial charge in [-0.15, -0.1) is 11.3 Å². The maximum atomic E-state index is 12.6. The Morgan fingerprint density at radius 2 is 2.07 bits per heavy atom. The molecule has 1 saturated carbocycles. The molecule has 4 rings (SSSR count). The average Bonchev–Trinajstić information content (AvgIpc) is 3.42. The summed E-state index contributed by atoms with van der Waals surface area (Å²) in [6, 6.07) is 5.24. The second kappa shape index (κ2) is 7.38. The second-order valence-corrected chi connectivity index (χ2v) is 7.71. The number of amides is 1. The summed E-state index contributed by atoms with van der Waals surface area (Å²) in [5.41, 5.74) is 0.344. The topological polar surface area (TPSA) is 85.8 Å². The van der Waals surface area contributed by atoms with Crippen LogP contribution in [0.3, 0.4) is 0 Å². The van der Waals surface area contributed by atoms with Crippen molar-refractivity contribution >= 4 is 17.2 Å². The molecule has 11 heteroatoms. The summed E-state index contributed by atoms with van der Waals surface area (Å²) in [7, 11) is 0. The third-order valence-corrected chi connectivity index (χ3v) is 5.50. The Hall–Kier alpha value is -2.69. The van der Waals surface area contributed by atoms with Gasteiger partial charge in [0.1, 0.15) is 5.69 Å². The van der Waals surface area contributed by atoms with Gasteiger partial charge in [-0.25, -0.2) is 0 Å². The summed E-state index contributed by atoms with van der Waals surface area (Å²) in [6.45, 7) is 0.380. The number of carbonyl (C=O) groups is 1. The van der Waals surface area contributed by atoms with E-state index < -0.39 is 12.1 Å². The van der Waals surface area contributed by atoms with Crippen LogP contribution in [0.4, 0.5) is 13.2 Å². The zero-order valence-corrected chi connectivity index (χ0v) is 15.4. The molecule has 7 nitrogen and oxygen atoms in total. The predicted molar refractivity (Wildman–Crippen MR) is 93.7 cm³/mol. The SMILES string of the molecule is O=C(NC1CCCC1)c1ccn(Cc2ccc(-c3noc(C(F)(F)F)n3)s2)n1. The molecule has 28 heavy (non-hydrogen) atoms. The molecule has 3 aromatic heterocycles. The summed E-state index contributed by atoms with van der Waals surface area (Å²) in [6.07, 6.45) is 1.28. The van der Waals surface area contributed by atoms with E-state index in [-0.39, 0.29) is 17.8 Å². The van der Waals surface area contributed by atoms with Crippen molar-refractivity contribution in [2.24, 2.45) is 0 Å². The van der Waals surface area contributed by atoms with E-state index >= 15 is 0 Å². The van der Waals surface area contributed by atoms with E-state index in [4.69, 9.17) is 0 Å². The Bertz CT molecular complexity index is 972. The third-order valence-electron chi connectivity index (χ3n) is 4.43. The molecule has 1 aliphatic rings. The fraction of sp³-hybridized carbons (Fsp3) is 0.412. The van der Waals surface area contributed by atoms with Gasteiger partial charge in [0.25, 0.3) is 5.91 Å². The van der Waals surface area contributed by atoms with E-state index in [0.29, 0.717) is 17.1 Å². The number of carbonyl (C=O) groups excluding carboxylic acids is 1. The van der Waals surface area contributed by atoms with E-state index in [9.17, 15) is 18.0 Å². The van der Waals surface area contributed by atoms with Crippen LogP contribution in [0.25, 0.3) is 10.7 Å². The molecule has 148 valence electrons. The van der Waals surface area contributed by atoms with Crippen LogP contribution in [0, 0.1) is 0 Å². The van der Waals surface area contributed by atoms with Gasteiger partial charge in [-0.05, 0) is 31.0 Å². The van der Waals surface area contributed by atoms with E-state index in [1.165, 1.54) is 11.3 Å². The molecule has 1 amide bonds. The second-order valence-electron chi connectivity index (χ2n) is 6.54. The summed E-state index contributed by atoms with van der Waals surface area (Å²) in [5.74, 6) is -1.67. The Kier molecular flexibility index (Phi) is 4.92. The number of aromatic nitrogens is 4. The molecular formula is C17H16F3N5O2S. The summed E-state index contributed by atoms with van der Waals surface area (Å²) >= 11 is 1.23. The lowest BCUT2D eigenvalue weighted by Gasteiger charge is -2.09. The molecule has 3 heterocycles. The van der Waals surface area contributed by atoms with Gasteiger partial charge in [0.2, 0.25) is 5.82 Å². The molecule has 1 fully saturated rings. The first-order valence-electron chi connectivity index (χ1n) is 8.73. The number of halogens is 3. The largest absolute Gasteiger partial charge is 0.471 e. The minimum Gasteiger partial charge on any atom is -0.348 e. The first-order valence-corrected chi connectivity index (χ1v) is 9.54. The Morgan fingerprint density at radius 3 is 2.79 bits per heavy atom. The molecule has 0 unspecified atom stereocenters. The molecule has 0 aliphatic heterocycles. The highest BCUT2D eigenvalue weighted by molar-refractivity contribution is 7.15. The van der Waals surface area contributed by atoms with Crippen LogP contribution in [-0.4, -0.2) is 31.9 Å². The monoisotopic (exact) mass is 411 g/mol. The van der Waals surface area contributed by atoms with E-state index in [1.807, 2.05) is 0 Å². The lowest BCUT2D eigenvalue weighted by molar-refractivity contribution is -0.159. The van der Waals surface area contributed by atoms with Crippen LogP contribution in [-0.2, 0) is 12.7 Å². The lowest BCUT2D eigenvalue weighted by atomic mass is 10.2. The number of hydrogen-bond acceptors (Lipinski definition) is 6. The van der Waals surface area contributed by atoms with Crippen LogP contribution in [0.2, 0.25) is 0 Å². The number of thiophene rings is 1. The number of rotatable bonds is 5. The van der Waals surface area contributed by atoms with E-state index in [2.05, 4.69) is 25.1 Å². The molecule has 0 atom stereocenters. The molecule has 0 radical (unpaired) electrons. The quantitative estimate of drug-likeness (QED) is 0.691. The normalized spacial score (nSPS) is 15.2. The Labute approximate surface area is 161 Å². The van der Waals surface area contributed by atoms with Gasteiger partial charge in [-0.3, -0.25) is 9.48 Å². The van der Waals surface area contributed by atoms with Crippen LogP contribution < -0.4 is 5.32 Å². The molecular weight excluding hydrogens is 395 g/mol. The molecule has 1 N–H and O–H groups in total. The lowest BCUT2D eigenvalue weighted by Crippen LogP contribution is -2.32. The molecule has 0 bridgehead atoms. The average molecular weight is 411 g/mol. The van der Waals surface area contributed by atoms with Gasteiger partial charge >= 0.3 is 12.1 Å². The van der Waals surface area contributed by atoms with Crippen LogP contribution in [0.5, 0.6) is 0 Å². The molecule has 0 spiro atoms. The minimum atomic E-state index is -4.67. The number of nitrogens with one attached hydrogen (secondary N) is 1. The summed E-state index contributed by atoms with van der Waals surface area (Å²) in [4.78, 5) is 16.9. The van der Waals surface area contributed by atoms with Gasteiger partial charge in [-0.1, -0.05) is 18.0 Å². The number of nitrogens with zero attached hydrogens (tertiary/aromatic N) is 4. The van der Waals surface area contributed by atoms with Crippen molar-refractivity contribution < 1.29 is 22.5 Å². The van der Waals surface area contributed by atoms with Gasteiger partial charge in [0.15, 0.2) is 0 Å². The molecule has 1 aliphatic carbocycles. The fourth-order valence-electron chi connectivity index (χ4n) is 3.08. The first kappa shape index (κ1) is 18.7. The van der Waals surface area contributed by atoms with Gasteiger partial charge in [0, 0.05) is 17.1 Å². The van der Waals surface area contributed by atoms with Crippen molar-refractivity contribution in [3.05, 3.63) is 40.9 Å². The van der Waals surface area contributed by atoms with E-state index in [0.717, 1.165) is 30.6 Å². The molecule has 0 aromatic carbocycles. The summed E-state index contributed by atoms with van der Waals surface area (Å²) < 4.78 is 43.6. The maximum Gasteiger partial charge on any atom is 0.471 e. The molecule has 3 aromatic rings. The highest BCUT2D eigenvalue weighted by Crippen LogP contribution is 2.31. The highest BCUT2D eigenvalue weighted by atomic mass is 32.1. The van der Waals surface area contributed by atoms with Gasteiger partial charge in [-0.2, -0.15) is 23.3 Å².